The average Bonchev–Trinajstić information content (AvgIpc) is 3.66. The first-order chi connectivity index (χ1) is 19.7. The third-order valence-electron chi connectivity index (χ3n) is 7.57. The van der Waals surface area contributed by atoms with Crippen LogP contribution >= 0.6 is 11.3 Å². The van der Waals surface area contributed by atoms with Crippen LogP contribution in [0.3, 0.4) is 0 Å². The van der Waals surface area contributed by atoms with Gasteiger partial charge in [0.25, 0.3) is 0 Å². The Kier molecular flexibility index (Phi) is 8.93. The number of esters is 1. The smallest absolute Gasteiger partial charge is 0.349 e. The van der Waals surface area contributed by atoms with E-state index in [9.17, 15) is 9.90 Å². The molecule has 41 heavy (non-hydrogen) atoms. The minimum Gasteiger partial charge on any atom is -0.495 e. The second kappa shape index (κ2) is 12.6. The normalized spacial score (nSPS) is 17.0. The maximum atomic E-state index is 12.6. The van der Waals surface area contributed by atoms with Crippen LogP contribution in [-0.4, -0.2) is 47.3 Å². The largest absolute Gasteiger partial charge is 0.495 e. The van der Waals surface area contributed by atoms with Crippen LogP contribution in [0.25, 0.3) is 10.4 Å². The Bertz CT molecular complexity index is 1340. The Morgan fingerprint density at radius 2 is 1.90 bits per heavy atom. The van der Waals surface area contributed by atoms with E-state index in [0.29, 0.717) is 37.4 Å². The number of nitrogens with zero attached hydrogens (tertiary/aromatic N) is 2. The Morgan fingerprint density at radius 3 is 2.59 bits per heavy atom. The van der Waals surface area contributed by atoms with Crippen molar-refractivity contribution in [2.75, 3.05) is 24.6 Å². The van der Waals surface area contributed by atoms with Gasteiger partial charge >= 0.3 is 5.97 Å². The molecule has 0 unspecified atom stereocenters. The van der Waals surface area contributed by atoms with Crippen molar-refractivity contribution < 1.29 is 19.4 Å². The standard InChI is InChI=1S/C34H42N2O4S/c1-24(2)23-39-33(38)34(3,4)40-30-10-5-9-29(20-30)35-18-6-8-27(22-35)32(37)36(28-16-17-28)21-25-12-14-26(15-13-25)31-11-7-19-41-31/h5,7,9-15,19-20,24,28,37H,6,8,16-18,21-23H2,1-4H3/b32-27-. The van der Waals surface area contributed by atoms with Gasteiger partial charge in [-0.2, -0.15) is 0 Å². The predicted molar refractivity (Wildman–Crippen MR) is 166 cm³/mol. The lowest BCUT2D eigenvalue weighted by Crippen LogP contribution is -2.40. The minimum absolute atomic E-state index is 0.267. The van der Waals surface area contributed by atoms with Crippen LogP contribution in [0.2, 0.25) is 0 Å². The summed E-state index contributed by atoms with van der Waals surface area (Å²) in [5.41, 5.74) is 3.43. The van der Waals surface area contributed by atoms with Crippen molar-refractivity contribution in [1.29, 1.82) is 0 Å². The lowest BCUT2D eigenvalue weighted by molar-refractivity contribution is -0.160. The van der Waals surface area contributed by atoms with E-state index in [1.165, 1.54) is 16.0 Å². The van der Waals surface area contributed by atoms with Crippen LogP contribution in [0.1, 0.15) is 58.9 Å². The summed E-state index contributed by atoms with van der Waals surface area (Å²) in [6.45, 7) is 10.1. The molecule has 0 bridgehead atoms. The molecule has 2 aliphatic rings. The maximum Gasteiger partial charge on any atom is 0.349 e. The van der Waals surface area contributed by atoms with Crippen molar-refractivity contribution >= 4 is 23.0 Å². The Labute approximate surface area is 248 Å². The molecule has 1 aromatic heterocycles. The number of rotatable bonds is 11. The number of hydrogen-bond acceptors (Lipinski definition) is 7. The highest BCUT2D eigenvalue weighted by molar-refractivity contribution is 7.13. The molecule has 5 rings (SSSR count). The summed E-state index contributed by atoms with van der Waals surface area (Å²) in [7, 11) is 0. The van der Waals surface area contributed by atoms with Gasteiger partial charge < -0.3 is 24.4 Å². The van der Waals surface area contributed by atoms with Crippen LogP contribution in [0.15, 0.2) is 77.5 Å². The fourth-order valence-electron chi connectivity index (χ4n) is 5.15. The molecule has 2 heterocycles. The molecular formula is C34H42N2O4S. The van der Waals surface area contributed by atoms with E-state index >= 15 is 0 Å². The average molecular weight is 575 g/mol. The monoisotopic (exact) mass is 574 g/mol. The van der Waals surface area contributed by atoms with Gasteiger partial charge in [-0.1, -0.05) is 50.2 Å². The van der Waals surface area contributed by atoms with Gasteiger partial charge in [0.2, 0.25) is 0 Å². The van der Waals surface area contributed by atoms with Crippen LogP contribution in [0.5, 0.6) is 5.75 Å². The van der Waals surface area contributed by atoms with Crippen molar-refractivity contribution in [2.24, 2.45) is 5.92 Å². The summed E-state index contributed by atoms with van der Waals surface area (Å²) in [5, 5.41) is 13.6. The van der Waals surface area contributed by atoms with Gasteiger partial charge in [-0.25, -0.2) is 4.79 Å². The molecule has 1 saturated carbocycles. The van der Waals surface area contributed by atoms with Gasteiger partial charge in [-0.05, 0) is 80.2 Å². The third-order valence-corrected chi connectivity index (χ3v) is 8.49. The molecule has 1 aliphatic carbocycles. The number of benzene rings is 2. The van der Waals surface area contributed by atoms with E-state index in [4.69, 9.17) is 9.47 Å². The molecule has 1 aliphatic heterocycles. The van der Waals surface area contributed by atoms with Gasteiger partial charge in [0, 0.05) is 47.9 Å². The van der Waals surface area contributed by atoms with E-state index in [2.05, 4.69) is 57.6 Å². The lowest BCUT2D eigenvalue weighted by atomic mass is 10.0. The van der Waals surface area contributed by atoms with Crippen LogP contribution in [0, 0.1) is 5.92 Å². The molecule has 7 heteroatoms. The second-order valence-corrected chi connectivity index (χ2v) is 13.0. The van der Waals surface area contributed by atoms with Gasteiger partial charge in [0.15, 0.2) is 11.5 Å². The molecular weight excluding hydrogens is 532 g/mol. The summed E-state index contributed by atoms with van der Waals surface area (Å²) < 4.78 is 11.5. The van der Waals surface area contributed by atoms with Crippen LogP contribution in [-0.2, 0) is 16.1 Å². The van der Waals surface area contributed by atoms with Gasteiger partial charge in [-0.3, -0.25) is 0 Å². The van der Waals surface area contributed by atoms with Gasteiger partial charge in [0.05, 0.1) is 6.61 Å². The summed E-state index contributed by atoms with van der Waals surface area (Å²) in [6.07, 6.45) is 4.07. The van der Waals surface area contributed by atoms with Crippen molar-refractivity contribution in [3.05, 3.63) is 83.1 Å². The highest BCUT2D eigenvalue weighted by Gasteiger charge is 2.34. The molecule has 2 fully saturated rings. The summed E-state index contributed by atoms with van der Waals surface area (Å²) in [6, 6.07) is 21.2. The number of carbonyl (C=O) groups is 1. The van der Waals surface area contributed by atoms with E-state index in [0.717, 1.165) is 43.5 Å². The lowest BCUT2D eigenvalue weighted by Gasteiger charge is -2.34. The molecule has 6 nitrogen and oxygen atoms in total. The summed E-state index contributed by atoms with van der Waals surface area (Å²) >= 11 is 1.75. The Balaban J connectivity index is 1.27. The first-order valence-corrected chi connectivity index (χ1v) is 15.6. The number of hydrogen-bond donors (Lipinski definition) is 1. The van der Waals surface area contributed by atoms with Crippen LogP contribution in [0.4, 0.5) is 5.69 Å². The van der Waals surface area contributed by atoms with E-state index in [1.807, 2.05) is 32.0 Å². The number of aliphatic hydroxyl groups excluding tert-OH is 1. The quantitative estimate of drug-likeness (QED) is 0.186. The zero-order chi connectivity index (χ0) is 29.0. The van der Waals surface area contributed by atoms with E-state index in [1.54, 1.807) is 25.2 Å². The first kappa shape index (κ1) is 29.1. The minimum atomic E-state index is -1.09. The third kappa shape index (κ3) is 7.45. The topological polar surface area (TPSA) is 62.2 Å². The Hall–Kier alpha value is -3.45. The SMILES string of the molecule is CC(C)COC(=O)C(C)(C)Oc1cccc(N2CCC/C(=C(/O)N(Cc3ccc(-c4cccs4)cc3)C3CC3)C2)c1. The molecule has 0 spiro atoms. The number of anilines is 1. The molecule has 0 amide bonds. The number of ether oxygens (including phenoxy) is 2. The van der Waals surface area contributed by atoms with Gasteiger partial charge in [-0.15, -0.1) is 11.3 Å². The fraction of sp³-hybridized carbons (Fsp3) is 0.441. The van der Waals surface area contributed by atoms with Crippen LogP contribution < -0.4 is 9.64 Å². The molecule has 0 atom stereocenters. The predicted octanol–water partition coefficient (Wildman–Crippen LogP) is 7.81. The zero-order valence-corrected chi connectivity index (χ0v) is 25.5. The second-order valence-electron chi connectivity index (χ2n) is 12.1. The first-order valence-electron chi connectivity index (χ1n) is 14.7. The van der Waals surface area contributed by atoms with Crippen molar-refractivity contribution in [2.45, 2.75) is 71.6 Å². The highest BCUT2D eigenvalue weighted by atomic mass is 32.1. The molecule has 2 aromatic carbocycles. The fourth-order valence-corrected chi connectivity index (χ4v) is 5.88. The maximum absolute atomic E-state index is 12.6. The Morgan fingerprint density at radius 1 is 1.12 bits per heavy atom. The summed E-state index contributed by atoms with van der Waals surface area (Å²) in [4.78, 5) is 18.4. The molecule has 3 aromatic rings. The number of carbonyl (C=O) groups excluding carboxylic acids is 1. The van der Waals surface area contributed by atoms with E-state index < -0.39 is 5.60 Å². The molecule has 0 radical (unpaired) electrons. The molecule has 1 saturated heterocycles. The zero-order valence-electron chi connectivity index (χ0n) is 24.6. The van der Waals surface area contributed by atoms with Crippen molar-refractivity contribution in [3.8, 4) is 16.2 Å². The number of thiophene rings is 1. The molecule has 218 valence electrons. The van der Waals surface area contributed by atoms with E-state index in [-0.39, 0.29) is 11.9 Å². The molecule has 1 N–H and O–H groups in total. The van der Waals surface area contributed by atoms with Crippen molar-refractivity contribution in [1.82, 2.24) is 4.90 Å². The number of aliphatic hydroxyl groups is 1. The van der Waals surface area contributed by atoms with Gasteiger partial charge in [0.1, 0.15) is 5.75 Å². The number of piperidine rings is 1. The van der Waals surface area contributed by atoms with Crippen molar-refractivity contribution in [3.63, 3.8) is 0 Å². The summed E-state index contributed by atoms with van der Waals surface area (Å²) in [5.74, 6) is 0.954. The highest BCUT2D eigenvalue weighted by Crippen LogP contribution is 2.35.